The van der Waals surface area contributed by atoms with Gasteiger partial charge in [-0.1, -0.05) is 46.0 Å². The highest BCUT2D eigenvalue weighted by atomic mass is 79.9. The van der Waals surface area contributed by atoms with Gasteiger partial charge in [0, 0.05) is 16.9 Å². The number of rotatable bonds is 8. The van der Waals surface area contributed by atoms with E-state index in [9.17, 15) is 9.59 Å². The third-order valence-corrected chi connectivity index (χ3v) is 7.30. The lowest BCUT2D eigenvalue weighted by Crippen LogP contribution is -2.24. The van der Waals surface area contributed by atoms with E-state index in [4.69, 9.17) is 4.74 Å². The van der Waals surface area contributed by atoms with Crippen LogP contribution in [0.15, 0.2) is 27.8 Å². The van der Waals surface area contributed by atoms with Crippen LogP contribution in [0.5, 0.6) is 0 Å². The lowest BCUT2D eigenvalue weighted by Gasteiger charge is -2.11. The van der Waals surface area contributed by atoms with Gasteiger partial charge in [0.25, 0.3) is 0 Å². The molecule has 0 spiro atoms. The normalized spacial score (nSPS) is 12.2. The lowest BCUT2D eigenvalue weighted by atomic mass is 10.2. The predicted molar refractivity (Wildman–Crippen MR) is 130 cm³/mol. The van der Waals surface area contributed by atoms with E-state index in [0.717, 1.165) is 26.7 Å². The summed E-state index contributed by atoms with van der Waals surface area (Å²) >= 11 is 5.87. The predicted octanol–water partition coefficient (Wildman–Crippen LogP) is 3.75. The number of fused-ring (bicyclic) bond motifs is 3. The molecule has 4 aromatic rings. The van der Waals surface area contributed by atoms with Gasteiger partial charge in [-0.25, -0.2) is 4.98 Å². The summed E-state index contributed by atoms with van der Waals surface area (Å²) in [5.41, 5.74) is 2.40. The van der Waals surface area contributed by atoms with Gasteiger partial charge in [-0.05, 0) is 31.5 Å². The van der Waals surface area contributed by atoms with Crippen molar-refractivity contribution in [3.63, 3.8) is 0 Å². The van der Waals surface area contributed by atoms with Crippen LogP contribution in [0.3, 0.4) is 0 Å². The Labute approximate surface area is 205 Å². The van der Waals surface area contributed by atoms with Crippen LogP contribution >= 0.6 is 39.0 Å². The summed E-state index contributed by atoms with van der Waals surface area (Å²) in [6, 6.07) is 5.95. The number of carbonyl (C=O) groups is 2. The van der Waals surface area contributed by atoms with Crippen LogP contribution in [0.2, 0.25) is 0 Å². The highest BCUT2D eigenvalue weighted by molar-refractivity contribution is 9.10. The molecule has 3 heterocycles. The Morgan fingerprint density at radius 1 is 1.24 bits per heavy atom. The topological polar surface area (TPSA) is 125 Å². The maximum Gasteiger partial charge on any atom is 0.312 e. The molecular formula is C20H20BrN7O3S2. The zero-order valence-electron chi connectivity index (χ0n) is 18.0. The summed E-state index contributed by atoms with van der Waals surface area (Å²) in [7, 11) is 1.93. The first-order chi connectivity index (χ1) is 15.9. The average molecular weight is 550 g/mol. The van der Waals surface area contributed by atoms with Crippen molar-refractivity contribution in [2.24, 2.45) is 7.05 Å². The average Bonchev–Trinajstić information content (AvgIpc) is 3.33. The minimum Gasteiger partial charge on any atom is -0.466 e. The fourth-order valence-corrected chi connectivity index (χ4v) is 5.12. The summed E-state index contributed by atoms with van der Waals surface area (Å²) in [5, 5.41) is 21.0. The second-order valence-electron chi connectivity index (χ2n) is 6.97. The number of nitrogens with one attached hydrogen (secondary N) is 1. The number of hydrogen-bond donors (Lipinski definition) is 1. The van der Waals surface area contributed by atoms with Gasteiger partial charge in [0.15, 0.2) is 5.65 Å². The van der Waals surface area contributed by atoms with E-state index in [-0.39, 0.29) is 18.3 Å². The number of ether oxygens (including phenoxy) is 1. The van der Waals surface area contributed by atoms with E-state index in [2.05, 4.69) is 46.6 Å². The number of thioether (sulfide) groups is 1. The molecule has 0 radical (unpaired) electrons. The van der Waals surface area contributed by atoms with Gasteiger partial charge in [0.05, 0.1) is 23.8 Å². The quantitative estimate of drug-likeness (QED) is 0.258. The Morgan fingerprint density at radius 3 is 2.82 bits per heavy atom. The number of aryl methyl sites for hydroxylation is 1. The second-order valence-corrected chi connectivity index (χ2v) is 10.1. The molecule has 0 aliphatic heterocycles. The van der Waals surface area contributed by atoms with E-state index in [1.54, 1.807) is 6.92 Å². The largest absolute Gasteiger partial charge is 0.466 e. The zero-order valence-corrected chi connectivity index (χ0v) is 21.3. The molecule has 3 aromatic heterocycles. The molecule has 1 aromatic carbocycles. The number of benzene rings is 1. The molecular weight excluding hydrogens is 530 g/mol. The number of halogens is 1. The van der Waals surface area contributed by atoms with Crippen LogP contribution in [0.4, 0.5) is 5.13 Å². The van der Waals surface area contributed by atoms with Crippen LogP contribution in [-0.4, -0.2) is 53.7 Å². The molecule has 1 N–H and O–H groups in total. The molecule has 1 amide bonds. The third kappa shape index (κ3) is 5.14. The van der Waals surface area contributed by atoms with Crippen molar-refractivity contribution in [3.8, 4) is 0 Å². The molecule has 1 atom stereocenters. The maximum atomic E-state index is 12.8. The minimum atomic E-state index is -0.453. The summed E-state index contributed by atoms with van der Waals surface area (Å²) in [6.45, 7) is 3.95. The van der Waals surface area contributed by atoms with Crippen LogP contribution in [0.1, 0.15) is 25.3 Å². The van der Waals surface area contributed by atoms with Crippen molar-refractivity contribution in [2.75, 3.05) is 11.9 Å². The Bertz CT molecular complexity index is 1340. The van der Waals surface area contributed by atoms with Crippen molar-refractivity contribution in [1.29, 1.82) is 0 Å². The molecule has 10 nitrogen and oxygen atoms in total. The summed E-state index contributed by atoms with van der Waals surface area (Å²) in [4.78, 5) is 29.1. The van der Waals surface area contributed by atoms with Crippen molar-refractivity contribution in [2.45, 2.75) is 37.1 Å². The molecule has 33 heavy (non-hydrogen) atoms. The van der Waals surface area contributed by atoms with Crippen molar-refractivity contribution in [3.05, 3.63) is 27.7 Å². The van der Waals surface area contributed by atoms with E-state index in [1.807, 2.05) is 36.7 Å². The molecule has 0 fully saturated rings. The lowest BCUT2D eigenvalue weighted by molar-refractivity contribution is -0.142. The summed E-state index contributed by atoms with van der Waals surface area (Å²) < 4.78 is 7.82. The Hall–Kier alpha value is -2.64. The second kappa shape index (κ2) is 10.1. The SMILES string of the molecule is CCOC(=O)Cc1nnc(NC(=O)[C@@H](CC)Sc2nnc3c4cc(Br)ccc4n(C)c3n2)s1. The molecule has 13 heteroatoms. The number of esters is 1. The molecule has 172 valence electrons. The van der Waals surface area contributed by atoms with E-state index in [1.165, 1.54) is 11.8 Å². The maximum absolute atomic E-state index is 12.8. The molecule has 0 saturated heterocycles. The van der Waals surface area contributed by atoms with Crippen LogP contribution in [0, 0.1) is 0 Å². The van der Waals surface area contributed by atoms with Gasteiger partial charge in [-0.3, -0.25) is 14.9 Å². The van der Waals surface area contributed by atoms with Gasteiger partial charge >= 0.3 is 5.97 Å². The molecule has 0 saturated carbocycles. The molecule has 0 aliphatic carbocycles. The highest BCUT2D eigenvalue weighted by Crippen LogP contribution is 2.30. The van der Waals surface area contributed by atoms with Gasteiger partial charge < -0.3 is 9.30 Å². The third-order valence-electron chi connectivity index (χ3n) is 4.75. The van der Waals surface area contributed by atoms with Crippen molar-refractivity contribution in [1.82, 2.24) is 29.9 Å². The number of anilines is 1. The molecule has 4 rings (SSSR count). The molecule has 0 unspecified atom stereocenters. The monoisotopic (exact) mass is 549 g/mol. The van der Waals surface area contributed by atoms with Crippen molar-refractivity contribution >= 4 is 78.1 Å². The minimum absolute atomic E-state index is 0.0223. The fraction of sp³-hybridized carbons (Fsp3) is 0.350. The molecule has 0 aliphatic rings. The van der Waals surface area contributed by atoms with Crippen molar-refractivity contribution < 1.29 is 14.3 Å². The first-order valence-electron chi connectivity index (χ1n) is 10.1. The number of hydrogen-bond acceptors (Lipinski definition) is 10. The fourth-order valence-electron chi connectivity index (χ4n) is 3.21. The Balaban J connectivity index is 1.48. The summed E-state index contributed by atoms with van der Waals surface area (Å²) in [6.07, 6.45) is 0.572. The zero-order chi connectivity index (χ0) is 23.5. The first kappa shape index (κ1) is 23.5. The van der Waals surface area contributed by atoms with Gasteiger partial charge in [0.1, 0.15) is 10.5 Å². The number of amides is 1. The summed E-state index contributed by atoms with van der Waals surface area (Å²) in [5.74, 6) is -0.625. The first-order valence-corrected chi connectivity index (χ1v) is 12.6. The van der Waals surface area contributed by atoms with Gasteiger partial charge in [-0.15, -0.1) is 20.4 Å². The van der Waals surface area contributed by atoms with E-state index < -0.39 is 5.25 Å². The molecule has 0 bridgehead atoms. The van der Waals surface area contributed by atoms with E-state index in [0.29, 0.717) is 39.5 Å². The van der Waals surface area contributed by atoms with E-state index >= 15 is 0 Å². The smallest absolute Gasteiger partial charge is 0.312 e. The Kier molecular flexibility index (Phi) is 7.20. The van der Waals surface area contributed by atoms with Crippen LogP contribution < -0.4 is 5.32 Å². The number of nitrogens with zero attached hydrogens (tertiary/aromatic N) is 6. The highest BCUT2D eigenvalue weighted by Gasteiger charge is 2.23. The van der Waals surface area contributed by atoms with Gasteiger partial charge in [-0.2, -0.15) is 0 Å². The number of aromatic nitrogens is 6. The van der Waals surface area contributed by atoms with Crippen LogP contribution in [0.25, 0.3) is 22.1 Å². The Morgan fingerprint density at radius 2 is 2.06 bits per heavy atom. The van der Waals surface area contributed by atoms with Crippen LogP contribution in [-0.2, 0) is 27.8 Å². The van der Waals surface area contributed by atoms with Gasteiger partial charge in [0.2, 0.25) is 16.2 Å². The standard InChI is InChI=1S/C20H20BrN7O3S2/c1-4-13(18(30)23-20-26-24-14(33-20)9-15(29)31-5-2)32-19-22-17-16(25-27-19)11-8-10(21)6-7-12(11)28(17)3/h6-8,13H,4-5,9H2,1-3H3,(H,23,26,30)/t13-/m1/s1. The number of carbonyl (C=O) groups excluding carboxylic acids is 2.